The van der Waals surface area contributed by atoms with Crippen molar-refractivity contribution in [2.24, 2.45) is 5.73 Å². The molecule has 0 saturated carbocycles. The van der Waals surface area contributed by atoms with Crippen LogP contribution in [0.2, 0.25) is 0 Å². The van der Waals surface area contributed by atoms with Crippen LogP contribution >= 0.6 is 0 Å². The minimum Gasteiger partial charge on any atom is -0.447 e. The van der Waals surface area contributed by atoms with Crippen LogP contribution in [0.15, 0.2) is 48.5 Å². The van der Waals surface area contributed by atoms with Gasteiger partial charge in [0.2, 0.25) is 6.10 Å². The number of nitrogens with zero attached hydrogens (tertiary/aromatic N) is 1. The molecule has 0 aliphatic rings. The third kappa shape index (κ3) is 4.32. The largest absolute Gasteiger partial charge is 0.447 e. The monoisotopic (exact) mass is 384 g/mol. The van der Waals surface area contributed by atoms with Gasteiger partial charge < -0.3 is 15.8 Å². The second kappa shape index (κ2) is 8.30. The van der Waals surface area contributed by atoms with E-state index in [1.54, 1.807) is 18.2 Å². The minimum atomic E-state index is -1.33. The standard InChI is InChI=1S/C19H17FN4O4/c20-12-7-5-11(6-8-12)17(18(21)26)28-15(25)9-10-22-19(27)16-13-3-1-2-4-14(13)23-24-16/h1-8,17H,9-10H2,(H2,21,26)(H,22,27)(H,23,24). The lowest BCUT2D eigenvalue weighted by Gasteiger charge is -2.15. The fourth-order valence-corrected chi connectivity index (χ4v) is 2.62. The summed E-state index contributed by atoms with van der Waals surface area (Å²) in [5.41, 5.74) is 6.45. The Morgan fingerprint density at radius 3 is 2.57 bits per heavy atom. The van der Waals surface area contributed by atoms with E-state index in [4.69, 9.17) is 10.5 Å². The predicted octanol–water partition coefficient (Wildman–Crippen LogP) is 1.59. The Labute approximate surface area is 158 Å². The lowest BCUT2D eigenvalue weighted by molar-refractivity contribution is -0.155. The Kier molecular flexibility index (Phi) is 5.64. The zero-order valence-electron chi connectivity index (χ0n) is 14.6. The first-order chi connectivity index (χ1) is 13.5. The van der Waals surface area contributed by atoms with Gasteiger partial charge in [0.25, 0.3) is 11.8 Å². The number of rotatable bonds is 7. The van der Waals surface area contributed by atoms with Gasteiger partial charge in [-0.1, -0.05) is 30.3 Å². The van der Waals surface area contributed by atoms with E-state index in [-0.39, 0.29) is 24.2 Å². The summed E-state index contributed by atoms with van der Waals surface area (Å²) in [6.45, 7) is -0.0201. The molecule has 28 heavy (non-hydrogen) atoms. The minimum absolute atomic E-state index is 0.0201. The molecule has 0 aliphatic heterocycles. The molecule has 0 radical (unpaired) electrons. The van der Waals surface area contributed by atoms with Gasteiger partial charge in [0.1, 0.15) is 5.82 Å². The third-order valence-electron chi connectivity index (χ3n) is 3.98. The Bertz CT molecular complexity index is 1020. The molecule has 144 valence electrons. The smallest absolute Gasteiger partial charge is 0.308 e. The molecule has 0 saturated heterocycles. The number of ether oxygens (including phenoxy) is 1. The topological polar surface area (TPSA) is 127 Å². The first kappa shape index (κ1) is 19.0. The van der Waals surface area contributed by atoms with Gasteiger partial charge >= 0.3 is 5.97 Å². The van der Waals surface area contributed by atoms with E-state index in [0.717, 1.165) is 17.6 Å². The maximum atomic E-state index is 13.0. The normalized spacial score (nSPS) is 11.8. The third-order valence-corrected chi connectivity index (χ3v) is 3.98. The van der Waals surface area contributed by atoms with Crippen molar-refractivity contribution in [3.8, 4) is 0 Å². The summed E-state index contributed by atoms with van der Waals surface area (Å²) in [5.74, 6) is -2.56. The number of aromatic amines is 1. The van der Waals surface area contributed by atoms with Crippen molar-refractivity contribution in [2.45, 2.75) is 12.5 Å². The molecule has 1 aromatic heterocycles. The van der Waals surface area contributed by atoms with Crippen molar-refractivity contribution >= 4 is 28.7 Å². The lowest BCUT2D eigenvalue weighted by Crippen LogP contribution is -2.29. The van der Waals surface area contributed by atoms with Crippen molar-refractivity contribution in [3.63, 3.8) is 0 Å². The Morgan fingerprint density at radius 1 is 1.14 bits per heavy atom. The maximum absolute atomic E-state index is 13.0. The number of fused-ring (bicyclic) bond motifs is 1. The first-order valence-corrected chi connectivity index (χ1v) is 8.41. The van der Waals surface area contributed by atoms with E-state index in [2.05, 4.69) is 15.5 Å². The van der Waals surface area contributed by atoms with Crippen LogP contribution in [0.5, 0.6) is 0 Å². The molecule has 9 heteroatoms. The molecular formula is C19H17FN4O4. The van der Waals surface area contributed by atoms with E-state index in [1.807, 2.05) is 6.07 Å². The number of hydrogen-bond donors (Lipinski definition) is 3. The zero-order valence-corrected chi connectivity index (χ0v) is 14.6. The molecule has 0 bridgehead atoms. The summed E-state index contributed by atoms with van der Waals surface area (Å²) in [7, 11) is 0. The van der Waals surface area contributed by atoms with Gasteiger partial charge in [0.05, 0.1) is 11.9 Å². The molecule has 1 unspecified atom stereocenters. The number of carbonyl (C=O) groups excluding carboxylic acids is 3. The van der Waals surface area contributed by atoms with Crippen LogP contribution in [0, 0.1) is 5.82 Å². The number of amides is 2. The quantitative estimate of drug-likeness (QED) is 0.533. The summed E-state index contributed by atoms with van der Waals surface area (Å²) < 4.78 is 18.1. The van der Waals surface area contributed by atoms with Crippen molar-refractivity contribution in [3.05, 3.63) is 65.6 Å². The molecular weight excluding hydrogens is 367 g/mol. The zero-order chi connectivity index (χ0) is 20.1. The number of hydrogen-bond acceptors (Lipinski definition) is 5. The van der Waals surface area contributed by atoms with Crippen LogP contribution in [0.4, 0.5) is 4.39 Å². The average Bonchev–Trinajstić information content (AvgIpc) is 3.11. The van der Waals surface area contributed by atoms with Gasteiger partial charge in [0, 0.05) is 17.5 Å². The number of aromatic nitrogens is 2. The van der Waals surface area contributed by atoms with Crippen molar-refractivity contribution in [1.82, 2.24) is 15.5 Å². The van der Waals surface area contributed by atoms with E-state index < -0.39 is 29.7 Å². The lowest BCUT2D eigenvalue weighted by atomic mass is 10.1. The Hall–Kier alpha value is -3.75. The molecule has 2 amide bonds. The summed E-state index contributed by atoms with van der Waals surface area (Å²) in [6, 6.07) is 12.0. The highest BCUT2D eigenvalue weighted by Crippen LogP contribution is 2.18. The van der Waals surface area contributed by atoms with Gasteiger partial charge in [-0.2, -0.15) is 5.10 Å². The summed E-state index contributed by atoms with van der Waals surface area (Å²) in [5, 5.41) is 9.94. The number of halogens is 1. The van der Waals surface area contributed by atoms with E-state index in [9.17, 15) is 18.8 Å². The van der Waals surface area contributed by atoms with Crippen LogP contribution in [-0.4, -0.2) is 34.5 Å². The number of carbonyl (C=O) groups is 3. The van der Waals surface area contributed by atoms with E-state index in [0.29, 0.717) is 5.39 Å². The molecule has 0 fully saturated rings. The summed E-state index contributed by atoms with van der Waals surface area (Å²) in [4.78, 5) is 35.8. The molecule has 8 nitrogen and oxygen atoms in total. The van der Waals surface area contributed by atoms with Crippen LogP contribution < -0.4 is 11.1 Å². The number of nitrogens with one attached hydrogen (secondary N) is 2. The molecule has 2 aromatic carbocycles. The molecule has 0 spiro atoms. The van der Waals surface area contributed by atoms with Gasteiger partial charge in [-0.05, 0) is 18.2 Å². The fourth-order valence-electron chi connectivity index (χ4n) is 2.62. The molecule has 3 rings (SSSR count). The average molecular weight is 384 g/mol. The van der Waals surface area contributed by atoms with Gasteiger partial charge in [-0.15, -0.1) is 0 Å². The predicted molar refractivity (Wildman–Crippen MR) is 97.5 cm³/mol. The van der Waals surface area contributed by atoms with Crippen LogP contribution in [0.25, 0.3) is 10.9 Å². The number of H-pyrrole nitrogens is 1. The highest BCUT2D eigenvalue weighted by Gasteiger charge is 2.23. The number of benzene rings is 2. The van der Waals surface area contributed by atoms with Gasteiger partial charge in [-0.25, -0.2) is 4.39 Å². The highest BCUT2D eigenvalue weighted by molar-refractivity contribution is 6.04. The number of esters is 1. The summed E-state index contributed by atoms with van der Waals surface area (Å²) >= 11 is 0. The number of nitrogens with two attached hydrogens (primary N) is 1. The van der Waals surface area contributed by atoms with Crippen molar-refractivity contribution < 1.29 is 23.5 Å². The number of para-hydroxylation sites is 1. The van der Waals surface area contributed by atoms with Gasteiger partial charge in [0.15, 0.2) is 5.69 Å². The molecule has 1 atom stereocenters. The van der Waals surface area contributed by atoms with Gasteiger partial charge in [-0.3, -0.25) is 19.5 Å². The first-order valence-electron chi connectivity index (χ1n) is 8.41. The maximum Gasteiger partial charge on any atom is 0.308 e. The molecule has 1 heterocycles. The van der Waals surface area contributed by atoms with Crippen LogP contribution in [0.1, 0.15) is 28.6 Å². The molecule has 3 aromatic rings. The highest BCUT2D eigenvalue weighted by atomic mass is 19.1. The van der Waals surface area contributed by atoms with Crippen LogP contribution in [0.3, 0.4) is 0 Å². The Balaban J connectivity index is 1.55. The van der Waals surface area contributed by atoms with E-state index >= 15 is 0 Å². The van der Waals surface area contributed by atoms with E-state index in [1.165, 1.54) is 12.1 Å². The summed E-state index contributed by atoms with van der Waals surface area (Å²) in [6.07, 6.45) is -1.52. The molecule has 0 aliphatic carbocycles. The SMILES string of the molecule is NC(=O)C(OC(=O)CCNC(=O)c1n[nH]c2ccccc12)c1ccc(F)cc1. The Morgan fingerprint density at radius 2 is 1.86 bits per heavy atom. The fraction of sp³-hybridized carbons (Fsp3) is 0.158. The van der Waals surface area contributed by atoms with Crippen molar-refractivity contribution in [2.75, 3.05) is 6.54 Å². The second-order valence-corrected chi connectivity index (χ2v) is 5.95. The van der Waals surface area contributed by atoms with Crippen LogP contribution in [-0.2, 0) is 14.3 Å². The molecule has 4 N–H and O–H groups in total. The number of primary amides is 1. The van der Waals surface area contributed by atoms with Crippen molar-refractivity contribution in [1.29, 1.82) is 0 Å². The second-order valence-electron chi connectivity index (χ2n) is 5.95.